The lowest BCUT2D eigenvalue weighted by Gasteiger charge is -2.07. The van der Waals surface area contributed by atoms with Crippen molar-refractivity contribution in [2.45, 2.75) is 6.92 Å². The molecule has 0 spiro atoms. The maximum Gasteiger partial charge on any atom is 0.362 e. The quantitative estimate of drug-likeness (QED) is 0.671. The maximum atomic E-state index is 12.0. The summed E-state index contributed by atoms with van der Waals surface area (Å²) in [4.78, 5) is 21.9. The molecule has 2 N–H and O–H groups in total. The fourth-order valence-electron chi connectivity index (χ4n) is 1.51. The second-order valence-electron chi connectivity index (χ2n) is 3.86. The number of anilines is 1. The molecule has 0 bridgehead atoms. The largest absolute Gasteiger partial charge is 0.362 e. The van der Waals surface area contributed by atoms with Crippen LogP contribution >= 0.6 is 23.2 Å². The van der Waals surface area contributed by atoms with Crippen molar-refractivity contribution in [3.8, 4) is 0 Å². The van der Waals surface area contributed by atoms with Gasteiger partial charge in [0, 0.05) is 10.7 Å². The summed E-state index contributed by atoms with van der Waals surface area (Å²) >= 11 is 11.7. The van der Waals surface area contributed by atoms with E-state index < -0.39 is 16.6 Å². The van der Waals surface area contributed by atoms with Gasteiger partial charge in [-0.2, -0.15) is 0 Å². The second-order valence-corrected chi connectivity index (χ2v) is 4.64. The highest BCUT2D eigenvalue weighted by Crippen LogP contribution is 2.27. The molecule has 9 heteroatoms. The van der Waals surface area contributed by atoms with Crippen LogP contribution in [0.2, 0.25) is 10.0 Å². The van der Waals surface area contributed by atoms with Crippen LogP contribution in [0.25, 0.3) is 0 Å². The van der Waals surface area contributed by atoms with Gasteiger partial charge in [-0.25, -0.2) is 0 Å². The van der Waals surface area contributed by atoms with Gasteiger partial charge in [0.1, 0.15) is 0 Å². The van der Waals surface area contributed by atoms with Gasteiger partial charge in [-0.15, -0.1) is 5.10 Å². The maximum absolute atomic E-state index is 12.0. The minimum Gasteiger partial charge on any atom is -0.358 e. The summed E-state index contributed by atoms with van der Waals surface area (Å²) in [5.74, 6) is -1.19. The molecule has 0 saturated carbocycles. The molecule has 0 aliphatic rings. The van der Waals surface area contributed by atoms with Crippen LogP contribution in [0.15, 0.2) is 18.2 Å². The van der Waals surface area contributed by atoms with E-state index in [1.807, 2.05) is 0 Å². The number of aromatic amines is 1. The second kappa shape index (κ2) is 5.48. The number of H-pyrrole nitrogens is 1. The van der Waals surface area contributed by atoms with E-state index in [1.165, 1.54) is 0 Å². The number of hydrogen-bond donors (Lipinski definition) is 2. The summed E-state index contributed by atoms with van der Waals surface area (Å²) in [6.45, 7) is 1.73. The summed E-state index contributed by atoms with van der Waals surface area (Å²) in [7, 11) is 0. The van der Waals surface area contributed by atoms with E-state index >= 15 is 0 Å². The van der Waals surface area contributed by atoms with Crippen LogP contribution in [0.4, 0.5) is 11.5 Å². The molecule has 1 aromatic carbocycles. The molecule has 0 unspecified atom stereocenters. The molecule has 0 aliphatic heterocycles. The molecule has 1 heterocycles. The molecule has 0 atom stereocenters. The van der Waals surface area contributed by atoms with Gasteiger partial charge in [0.05, 0.1) is 0 Å². The zero-order valence-corrected chi connectivity index (χ0v) is 11.6. The summed E-state index contributed by atoms with van der Waals surface area (Å²) in [5, 5.41) is 19.0. The Morgan fingerprint density at radius 2 is 2.15 bits per heavy atom. The summed E-state index contributed by atoms with van der Waals surface area (Å²) in [6.07, 6.45) is 0. The molecule has 0 radical (unpaired) electrons. The third-order valence-electron chi connectivity index (χ3n) is 2.60. The van der Waals surface area contributed by atoms with E-state index in [4.69, 9.17) is 23.2 Å². The van der Waals surface area contributed by atoms with Gasteiger partial charge < -0.3 is 15.4 Å². The first kappa shape index (κ1) is 14.3. The van der Waals surface area contributed by atoms with Gasteiger partial charge in [0.15, 0.2) is 10.7 Å². The fraction of sp³-hybridized carbons (Fsp3) is 0.0909. The summed E-state index contributed by atoms with van der Waals surface area (Å²) in [5.41, 5.74) is 0.894. The van der Waals surface area contributed by atoms with Gasteiger partial charge in [-0.3, -0.25) is 4.79 Å². The minimum absolute atomic E-state index is 0.252. The van der Waals surface area contributed by atoms with Crippen LogP contribution in [-0.4, -0.2) is 21.0 Å². The van der Waals surface area contributed by atoms with Gasteiger partial charge in [-0.1, -0.05) is 34.4 Å². The highest BCUT2D eigenvalue weighted by atomic mass is 35.5. The monoisotopic (exact) mass is 314 g/mol. The Morgan fingerprint density at radius 3 is 2.75 bits per heavy atom. The van der Waals surface area contributed by atoms with E-state index in [-0.39, 0.29) is 10.7 Å². The number of nitrogens with zero attached hydrogens (tertiary/aromatic N) is 2. The number of carbonyl (C=O) groups excluding carboxylic acids is 1. The Kier molecular flexibility index (Phi) is 3.91. The SMILES string of the molecule is Cc1c(Cl)cccc1NC(=O)c1n[nH]c([N+](=O)[O-])c1Cl. The van der Waals surface area contributed by atoms with E-state index in [1.54, 1.807) is 25.1 Å². The van der Waals surface area contributed by atoms with Crippen molar-refractivity contribution in [1.29, 1.82) is 0 Å². The van der Waals surface area contributed by atoms with Gasteiger partial charge in [0.25, 0.3) is 5.91 Å². The van der Waals surface area contributed by atoms with Crippen molar-refractivity contribution >= 4 is 40.6 Å². The van der Waals surface area contributed by atoms with Crippen LogP contribution in [0.3, 0.4) is 0 Å². The first-order valence-corrected chi connectivity index (χ1v) is 6.12. The zero-order chi connectivity index (χ0) is 14.9. The van der Waals surface area contributed by atoms with Crippen LogP contribution in [0.1, 0.15) is 16.1 Å². The highest BCUT2D eigenvalue weighted by molar-refractivity contribution is 6.36. The average Bonchev–Trinajstić information content (AvgIpc) is 2.77. The van der Waals surface area contributed by atoms with Gasteiger partial charge in [0.2, 0.25) is 0 Å². The van der Waals surface area contributed by atoms with Crippen LogP contribution in [-0.2, 0) is 0 Å². The Bertz CT molecular complexity index is 699. The normalized spacial score (nSPS) is 10.3. The number of benzene rings is 1. The molecule has 2 rings (SSSR count). The van der Waals surface area contributed by atoms with Crippen molar-refractivity contribution in [2.75, 3.05) is 5.32 Å². The van der Waals surface area contributed by atoms with Crippen LogP contribution in [0.5, 0.6) is 0 Å². The van der Waals surface area contributed by atoms with Crippen molar-refractivity contribution in [1.82, 2.24) is 10.2 Å². The smallest absolute Gasteiger partial charge is 0.358 e. The number of rotatable bonds is 3. The number of halogens is 2. The van der Waals surface area contributed by atoms with Crippen molar-refractivity contribution < 1.29 is 9.72 Å². The number of nitro groups is 1. The highest BCUT2D eigenvalue weighted by Gasteiger charge is 2.25. The van der Waals surface area contributed by atoms with Gasteiger partial charge >= 0.3 is 5.82 Å². The summed E-state index contributed by atoms with van der Waals surface area (Å²) in [6, 6.07) is 4.99. The molecule has 0 fully saturated rings. The van der Waals surface area contributed by atoms with E-state index in [9.17, 15) is 14.9 Å². The first-order valence-electron chi connectivity index (χ1n) is 5.36. The number of carbonyl (C=O) groups is 1. The van der Waals surface area contributed by atoms with Crippen molar-refractivity contribution in [2.24, 2.45) is 0 Å². The van der Waals surface area contributed by atoms with Crippen LogP contribution in [0, 0.1) is 17.0 Å². The number of aromatic nitrogens is 2. The fourth-order valence-corrected chi connectivity index (χ4v) is 1.93. The van der Waals surface area contributed by atoms with E-state index in [0.717, 1.165) is 0 Å². The molecule has 1 amide bonds. The summed E-state index contributed by atoms with van der Waals surface area (Å²) < 4.78 is 0. The number of hydrogen-bond acceptors (Lipinski definition) is 4. The van der Waals surface area contributed by atoms with Gasteiger partial charge in [-0.05, 0) is 29.5 Å². The lowest BCUT2D eigenvalue weighted by atomic mass is 10.2. The Hall–Kier alpha value is -2.12. The predicted molar refractivity (Wildman–Crippen MR) is 74.4 cm³/mol. The van der Waals surface area contributed by atoms with Crippen molar-refractivity contribution in [3.05, 3.63) is 49.6 Å². The number of nitrogens with one attached hydrogen (secondary N) is 2. The lowest BCUT2D eigenvalue weighted by Crippen LogP contribution is -2.13. The number of amides is 1. The minimum atomic E-state index is -0.753. The molecular formula is C11H8Cl2N4O3. The molecular weight excluding hydrogens is 307 g/mol. The zero-order valence-electron chi connectivity index (χ0n) is 10.1. The Labute approximate surface area is 123 Å². The Balaban J connectivity index is 2.29. The predicted octanol–water partition coefficient (Wildman–Crippen LogP) is 3.19. The molecule has 0 saturated heterocycles. The molecule has 20 heavy (non-hydrogen) atoms. The Morgan fingerprint density at radius 1 is 1.45 bits per heavy atom. The molecule has 1 aromatic heterocycles. The van der Waals surface area contributed by atoms with E-state index in [0.29, 0.717) is 16.3 Å². The molecule has 7 nitrogen and oxygen atoms in total. The third kappa shape index (κ3) is 2.59. The lowest BCUT2D eigenvalue weighted by molar-refractivity contribution is -0.389. The van der Waals surface area contributed by atoms with Crippen LogP contribution < -0.4 is 5.32 Å². The standard InChI is InChI=1S/C11H8Cl2N4O3/c1-5-6(12)3-2-4-7(5)14-11(18)9-8(13)10(16-15-9)17(19)20/h2-4H,1H3,(H,14,18)(H,15,16). The van der Waals surface area contributed by atoms with E-state index in [2.05, 4.69) is 15.5 Å². The molecule has 0 aliphatic carbocycles. The third-order valence-corrected chi connectivity index (χ3v) is 3.37. The van der Waals surface area contributed by atoms with Crippen molar-refractivity contribution in [3.63, 3.8) is 0 Å². The topological polar surface area (TPSA) is 101 Å². The first-order chi connectivity index (χ1) is 9.41. The average molecular weight is 315 g/mol. The molecule has 104 valence electrons. The molecule has 2 aromatic rings.